The van der Waals surface area contributed by atoms with Crippen LogP contribution in [0.15, 0.2) is 24.3 Å². The summed E-state index contributed by atoms with van der Waals surface area (Å²) in [6.07, 6.45) is 4.68. The molecule has 2 aromatic rings. The molecule has 1 aliphatic carbocycles. The first-order valence-corrected chi connectivity index (χ1v) is 9.35. The fourth-order valence-electron chi connectivity index (χ4n) is 3.38. The second kappa shape index (κ2) is 6.98. The van der Waals surface area contributed by atoms with Crippen molar-refractivity contribution in [1.29, 1.82) is 0 Å². The molecule has 0 radical (unpaired) electrons. The van der Waals surface area contributed by atoms with Gasteiger partial charge in [-0.2, -0.15) is 0 Å². The zero-order chi connectivity index (χ0) is 19.0. The second-order valence-electron chi connectivity index (χ2n) is 7.18. The number of rotatable bonds is 5. The van der Waals surface area contributed by atoms with Gasteiger partial charge in [-0.1, -0.05) is 12.1 Å². The van der Waals surface area contributed by atoms with E-state index in [1.165, 1.54) is 6.92 Å². The molecule has 2 N–H and O–H groups in total. The largest absolute Gasteiger partial charge is 0.348 e. The first-order valence-electron chi connectivity index (χ1n) is 9.35. The van der Waals surface area contributed by atoms with E-state index in [-0.39, 0.29) is 29.5 Å². The van der Waals surface area contributed by atoms with Crippen LogP contribution in [0.1, 0.15) is 69.8 Å². The Morgan fingerprint density at radius 2 is 1.96 bits per heavy atom. The molecule has 2 amide bonds. The lowest BCUT2D eigenvalue weighted by Gasteiger charge is -2.17. The van der Waals surface area contributed by atoms with E-state index in [9.17, 15) is 14.4 Å². The molecule has 2 aliphatic rings. The van der Waals surface area contributed by atoms with Crippen LogP contribution in [-0.2, 0) is 13.0 Å². The van der Waals surface area contributed by atoms with Crippen molar-refractivity contribution in [3.8, 4) is 0 Å². The summed E-state index contributed by atoms with van der Waals surface area (Å²) in [6.45, 7) is 2.16. The standard InChI is InChI=1S/C20H22N4O3/c1-12(25)13-5-4-6-15(11-13)22-20(27)18-23-17(19(26)21-14-8-9-14)16-7-2-3-10-24(16)18/h4-6,11,14H,2-3,7-10H2,1H3,(H,21,26)(H,22,27). The maximum atomic E-state index is 12.8. The molecule has 4 rings (SSSR count). The average molecular weight is 366 g/mol. The lowest BCUT2D eigenvalue weighted by atomic mass is 10.1. The van der Waals surface area contributed by atoms with Crippen LogP contribution in [0.2, 0.25) is 0 Å². The van der Waals surface area contributed by atoms with Gasteiger partial charge < -0.3 is 15.2 Å². The smallest absolute Gasteiger partial charge is 0.291 e. The number of Topliss-reactive ketones (excluding diaryl/α,β-unsaturated/α-hetero) is 1. The van der Waals surface area contributed by atoms with Gasteiger partial charge in [0, 0.05) is 23.8 Å². The van der Waals surface area contributed by atoms with E-state index in [1.54, 1.807) is 24.3 Å². The summed E-state index contributed by atoms with van der Waals surface area (Å²) in [4.78, 5) is 41.3. The van der Waals surface area contributed by atoms with Gasteiger partial charge in [-0.25, -0.2) is 4.98 Å². The predicted octanol–water partition coefficient (Wildman–Crippen LogP) is 2.57. The van der Waals surface area contributed by atoms with Crippen LogP contribution in [0.4, 0.5) is 5.69 Å². The van der Waals surface area contributed by atoms with E-state index in [1.807, 2.05) is 4.57 Å². The van der Waals surface area contributed by atoms with Gasteiger partial charge in [0.2, 0.25) is 0 Å². The highest BCUT2D eigenvalue weighted by atomic mass is 16.2. The molecule has 1 aliphatic heterocycles. The van der Waals surface area contributed by atoms with Crippen molar-refractivity contribution in [2.24, 2.45) is 0 Å². The number of fused-ring (bicyclic) bond motifs is 1. The number of aromatic nitrogens is 2. The van der Waals surface area contributed by atoms with Crippen molar-refractivity contribution in [3.05, 3.63) is 47.0 Å². The third-order valence-corrected chi connectivity index (χ3v) is 4.98. The van der Waals surface area contributed by atoms with Crippen molar-refractivity contribution in [3.63, 3.8) is 0 Å². The Morgan fingerprint density at radius 1 is 1.15 bits per heavy atom. The van der Waals surface area contributed by atoms with Crippen molar-refractivity contribution in [2.75, 3.05) is 5.32 Å². The van der Waals surface area contributed by atoms with Gasteiger partial charge in [0.25, 0.3) is 11.8 Å². The number of carbonyl (C=O) groups is 3. The number of nitrogens with zero attached hydrogens (tertiary/aromatic N) is 2. The Bertz CT molecular complexity index is 927. The number of nitrogens with one attached hydrogen (secondary N) is 2. The molecule has 0 bridgehead atoms. The van der Waals surface area contributed by atoms with Crippen molar-refractivity contribution >= 4 is 23.3 Å². The lowest BCUT2D eigenvalue weighted by molar-refractivity contribution is 0.0944. The molecule has 0 atom stereocenters. The minimum atomic E-state index is -0.371. The van der Waals surface area contributed by atoms with Gasteiger partial charge in [0.1, 0.15) is 5.69 Å². The Hall–Kier alpha value is -2.96. The van der Waals surface area contributed by atoms with Crippen molar-refractivity contribution < 1.29 is 14.4 Å². The predicted molar refractivity (Wildman–Crippen MR) is 100 cm³/mol. The number of carbonyl (C=O) groups excluding carboxylic acids is 3. The Kier molecular flexibility index (Phi) is 4.51. The summed E-state index contributed by atoms with van der Waals surface area (Å²) in [5.41, 5.74) is 2.26. The van der Waals surface area contributed by atoms with E-state index in [0.29, 0.717) is 23.5 Å². The minimum absolute atomic E-state index is 0.0664. The maximum Gasteiger partial charge on any atom is 0.291 e. The first kappa shape index (κ1) is 17.5. The summed E-state index contributed by atoms with van der Waals surface area (Å²) >= 11 is 0. The molecule has 1 fully saturated rings. The summed E-state index contributed by atoms with van der Waals surface area (Å²) < 4.78 is 1.86. The summed E-state index contributed by atoms with van der Waals surface area (Å²) in [5.74, 6) is -0.382. The van der Waals surface area contributed by atoms with E-state index in [4.69, 9.17) is 0 Å². The summed E-state index contributed by atoms with van der Waals surface area (Å²) in [6, 6.07) is 7.04. The van der Waals surface area contributed by atoms with Crippen molar-refractivity contribution in [1.82, 2.24) is 14.9 Å². The van der Waals surface area contributed by atoms with E-state index < -0.39 is 0 Å². The highest BCUT2D eigenvalue weighted by Gasteiger charge is 2.30. The quantitative estimate of drug-likeness (QED) is 0.796. The number of anilines is 1. The molecular weight excluding hydrogens is 344 g/mol. The molecule has 0 unspecified atom stereocenters. The van der Waals surface area contributed by atoms with Gasteiger partial charge in [-0.15, -0.1) is 0 Å². The van der Waals surface area contributed by atoms with E-state index >= 15 is 0 Å². The topological polar surface area (TPSA) is 93.1 Å². The molecule has 27 heavy (non-hydrogen) atoms. The monoisotopic (exact) mass is 366 g/mol. The van der Waals surface area contributed by atoms with Crippen LogP contribution in [0.3, 0.4) is 0 Å². The highest BCUT2D eigenvalue weighted by molar-refractivity contribution is 6.04. The maximum absolute atomic E-state index is 12.8. The number of hydrogen-bond acceptors (Lipinski definition) is 4. The first-order chi connectivity index (χ1) is 13.0. The molecule has 7 nitrogen and oxygen atoms in total. The third-order valence-electron chi connectivity index (χ3n) is 4.98. The zero-order valence-corrected chi connectivity index (χ0v) is 15.2. The number of benzene rings is 1. The third kappa shape index (κ3) is 3.63. The van der Waals surface area contributed by atoms with Crippen LogP contribution < -0.4 is 10.6 Å². The van der Waals surface area contributed by atoms with Crippen LogP contribution in [0.25, 0.3) is 0 Å². The number of amides is 2. The van der Waals surface area contributed by atoms with Gasteiger partial charge in [0.05, 0.1) is 5.69 Å². The lowest BCUT2D eigenvalue weighted by Crippen LogP contribution is -2.27. The van der Waals surface area contributed by atoms with E-state index in [2.05, 4.69) is 15.6 Å². The van der Waals surface area contributed by atoms with Gasteiger partial charge in [-0.3, -0.25) is 14.4 Å². The molecule has 140 valence electrons. The number of imidazole rings is 1. The Balaban J connectivity index is 1.61. The summed E-state index contributed by atoms with van der Waals surface area (Å²) in [7, 11) is 0. The number of hydrogen-bond donors (Lipinski definition) is 2. The fraction of sp³-hybridized carbons (Fsp3) is 0.400. The second-order valence-corrected chi connectivity index (χ2v) is 7.18. The minimum Gasteiger partial charge on any atom is -0.348 e. The highest BCUT2D eigenvalue weighted by Crippen LogP contribution is 2.24. The average Bonchev–Trinajstić information content (AvgIpc) is 3.38. The van der Waals surface area contributed by atoms with Crippen LogP contribution >= 0.6 is 0 Å². The van der Waals surface area contributed by atoms with Crippen LogP contribution in [-0.4, -0.2) is 33.2 Å². The molecule has 0 spiro atoms. The van der Waals surface area contributed by atoms with Crippen LogP contribution in [0.5, 0.6) is 0 Å². The zero-order valence-electron chi connectivity index (χ0n) is 15.2. The van der Waals surface area contributed by atoms with Gasteiger partial charge >= 0.3 is 0 Å². The van der Waals surface area contributed by atoms with Gasteiger partial charge in [0.15, 0.2) is 11.6 Å². The Morgan fingerprint density at radius 3 is 2.70 bits per heavy atom. The summed E-state index contributed by atoms with van der Waals surface area (Å²) in [5, 5.41) is 5.76. The fourth-order valence-corrected chi connectivity index (χ4v) is 3.38. The normalized spacial score (nSPS) is 15.7. The molecule has 1 aromatic carbocycles. The molecule has 1 saturated carbocycles. The van der Waals surface area contributed by atoms with E-state index in [0.717, 1.165) is 37.8 Å². The Labute approximate surface area is 157 Å². The van der Waals surface area contributed by atoms with Crippen LogP contribution in [0, 0.1) is 0 Å². The number of ketones is 1. The molecule has 0 saturated heterocycles. The molecule has 2 heterocycles. The van der Waals surface area contributed by atoms with Gasteiger partial charge in [-0.05, 0) is 51.2 Å². The SMILES string of the molecule is CC(=O)c1cccc(NC(=O)c2nc(C(=O)NC3CC3)c3n2CCCC3)c1. The molecule has 7 heteroatoms. The molecular formula is C20H22N4O3. The molecule has 1 aromatic heterocycles. The van der Waals surface area contributed by atoms with Crippen molar-refractivity contribution in [2.45, 2.75) is 51.6 Å².